The Kier molecular flexibility index (Phi) is 3.36. The third kappa shape index (κ3) is 2.35. The molecule has 2 aromatic rings. The van der Waals surface area contributed by atoms with Crippen molar-refractivity contribution >= 4 is 11.6 Å². The number of nitrogens with zero attached hydrogens (tertiary/aromatic N) is 3. The summed E-state index contributed by atoms with van der Waals surface area (Å²) in [6, 6.07) is 1.56. The van der Waals surface area contributed by atoms with Crippen molar-refractivity contribution in [3.8, 4) is 0 Å². The Hall–Kier alpha value is -2.19. The SMILES string of the molecule is COC(=O)c1cc2nc(C(F)F)cc(C(F)F)n2n1. The fourth-order valence-corrected chi connectivity index (χ4v) is 1.49. The first-order valence-corrected chi connectivity index (χ1v) is 4.99. The smallest absolute Gasteiger partial charge is 0.358 e. The standard InChI is InChI=1S/C10H7F4N3O2/c1-19-10(18)5-3-7-15-4(8(11)12)2-6(9(13)14)17(7)16-5/h2-3,8-9H,1H3. The lowest BCUT2D eigenvalue weighted by atomic mass is 10.3. The molecule has 102 valence electrons. The highest BCUT2D eigenvalue weighted by Gasteiger charge is 2.22. The number of hydrogen-bond donors (Lipinski definition) is 0. The molecule has 0 unspecified atom stereocenters. The summed E-state index contributed by atoms with van der Waals surface area (Å²) in [6.07, 6.45) is -6.03. The molecule has 0 atom stereocenters. The van der Waals surface area contributed by atoms with Crippen molar-refractivity contribution in [1.82, 2.24) is 14.6 Å². The number of halogens is 4. The average molecular weight is 277 g/mol. The summed E-state index contributed by atoms with van der Waals surface area (Å²) in [4.78, 5) is 14.7. The predicted molar refractivity (Wildman–Crippen MR) is 54.2 cm³/mol. The van der Waals surface area contributed by atoms with Crippen LogP contribution >= 0.6 is 0 Å². The minimum atomic E-state index is -3.03. The highest BCUT2D eigenvalue weighted by atomic mass is 19.3. The quantitative estimate of drug-likeness (QED) is 0.638. The van der Waals surface area contributed by atoms with Crippen molar-refractivity contribution in [2.24, 2.45) is 0 Å². The van der Waals surface area contributed by atoms with Crippen molar-refractivity contribution < 1.29 is 27.1 Å². The first-order valence-electron chi connectivity index (χ1n) is 4.99. The Morgan fingerprint density at radius 1 is 1.26 bits per heavy atom. The van der Waals surface area contributed by atoms with Gasteiger partial charge in [-0.1, -0.05) is 0 Å². The minimum absolute atomic E-state index is 0.270. The molecule has 0 aromatic carbocycles. The molecule has 0 aliphatic carbocycles. The molecule has 5 nitrogen and oxygen atoms in total. The largest absolute Gasteiger partial charge is 0.464 e. The molecule has 0 aliphatic rings. The second-order valence-corrected chi connectivity index (χ2v) is 3.50. The van der Waals surface area contributed by atoms with E-state index in [4.69, 9.17) is 0 Å². The van der Waals surface area contributed by atoms with Gasteiger partial charge in [-0.15, -0.1) is 0 Å². The van der Waals surface area contributed by atoms with E-state index in [1.807, 2.05) is 0 Å². The van der Waals surface area contributed by atoms with E-state index >= 15 is 0 Å². The maximum Gasteiger partial charge on any atom is 0.358 e. The zero-order valence-electron chi connectivity index (χ0n) is 9.48. The lowest BCUT2D eigenvalue weighted by Gasteiger charge is -2.06. The van der Waals surface area contributed by atoms with E-state index in [1.165, 1.54) is 0 Å². The van der Waals surface area contributed by atoms with Crippen LogP contribution in [0.15, 0.2) is 12.1 Å². The van der Waals surface area contributed by atoms with E-state index < -0.39 is 30.2 Å². The van der Waals surface area contributed by atoms with Gasteiger partial charge in [-0.3, -0.25) is 0 Å². The number of carbonyl (C=O) groups excluding carboxylic acids is 1. The molecular formula is C10H7F4N3O2. The number of hydrogen-bond acceptors (Lipinski definition) is 4. The van der Waals surface area contributed by atoms with Crippen molar-refractivity contribution in [3.05, 3.63) is 29.2 Å². The van der Waals surface area contributed by atoms with Crippen LogP contribution < -0.4 is 0 Å². The maximum absolute atomic E-state index is 12.8. The van der Waals surface area contributed by atoms with Gasteiger partial charge in [0.2, 0.25) is 0 Å². The van der Waals surface area contributed by atoms with Crippen LogP contribution in [0.2, 0.25) is 0 Å². The lowest BCUT2D eigenvalue weighted by molar-refractivity contribution is 0.0593. The molecule has 19 heavy (non-hydrogen) atoms. The third-order valence-corrected chi connectivity index (χ3v) is 2.32. The Labute approximate surface area is 103 Å². The number of ether oxygens (including phenoxy) is 1. The molecule has 0 radical (unpaired) electrons. The van der Waals surface area contributed by atoms with Gasteiger partial charge < -0.3 is 4.74 Å². The second kappa shape index (κ2) is 4.82. The van der Waals surface area contributed by atoms with Crippen LogP contribution in [0.25, 0.3) is 5.65 Å². The van der Waals surface area contributed by atoms with Crippen molar-refractivity contribution in [1.29, 1.82) is 0 Å². The third-order valence-electron chi connectivity index (χ3n) is 2.32. The van der Waals surface area contributed by atoms with E-state index in [0.29, 0.717) is 10.6 Å². The Balaban J connectivity index is 2.68. The molecule has 0 fully saturated rings. The number of alkyl halides is 4. The van der Waals surface area contributed by atoms with Crippen LogP contribution in [0.3, 0.4) is 0 Å². The number of fused-ring (bicyclic) bond motifs is 1. The van der Waals surface area contributed by atoms with Crippen molar-refractivity contribution in [3.63, 3.8) is 0 Å². The number of aromatic nitrogens is 3. The van der Waals surface area contributed by atoms with Gasteiger partial charge in [0, 0.05) is 6.07 Å². The van der Waals surface area contributed by atoms with Crippen molar-refractivity contribution in [2.45, 2.75) is 12.9 Å². The molecule has 0 spiro atoms. The van der Waals surface area contributed by atoms with Gasteiger partial charge in [0.1, 0.15) is 11.4 Å². The van der Waals surface area contributed by atoms with Gasteiger partial charge in [0.15, 0.2) is 11.3 Å². The molecule has 9 heteroatoms. The molecule has 0 saturated heterocycles. The van der Waals surface area contributed by atoms with E-state index in [-0.39, 0.29) is 11.3 Å². The highest BCUT2D eigenvalue weighted by Crippen LogP contribution is 2.25. The molecular weight excluding hydrogens is 270 g/mol. The Bertz CT molecular complexity index is 627. The summed E-state index contributed by atoms with van der Waals surface area (Å²) in [5, 5.41) is 3.56. The monoisotopic (exact) mass is 277 g/mol. The number of methoxy groups -OCH3 is 1. The van der Waals surface area contributed by atoms with Crippen molar-refractivity contribution in [2.75, 3.05) is 7.11 Å². The normalized spacial score (nSPS) is 11.5. The zero-order chi connectivity index (χ0) is 14.2. The Morgan fingerprint density at radius 2 is 1.95 bits per heavy atom. The second-order valence-electron chi connectivity index (χ2n) is 3.50. The van der Waals surface area contributed by atoms with Crippen LogP contribution in [0, 0.1) is 0 Å². The molecule has 0 bridgehead atoms. The van der Waals surface area contributed by atoms with Gasteiger partial charge in [-0.25, -0.2) is 31.9 Å². The first kappa shape index (κ1) is 13.2. The van der Waals surface area contributed by atoms with Crippen LogP contribution in [0.1, 0.15) is 34.7 Å². The summed E-state index contributed by atoms with van der Waals surface area (Å²) in [5.74, 6) is -0.871. The summed E-state index contributed by atoms with van der Waals surface area (Å²) in [6.45, 7) is 0. The Morgan fingerprint density at radius 3 is 2.47 bits per heavy atom. The number of rotatable bonds is 3. The summed E-state index contributed by atoms with van der Waals surface area (Å²) in [7, 11) is 1.08. The summed E-state index contributed by atoms with van der Waals surface area (Å²) in [5.41, 5.74) is -2.13. The highest BCUT2D eigenvalue weighted by molar-refractivity contribution is 5.88. The maximum atomic E-state index is 12.8. The molecule has 0 aliphatic heterocycles. The lowest BCUT2D eigenvalue weighted by Crippen LogP contribution is -2.06. The van der Waals surface area contributed by atoms with Crippen LogP contribution in [0.4, 0.5) is 17.6 Å². The van der Waals surface area contributed by atoms with E-state index in [1.54, 1.807) is 0 Å². The summed E-state index contributed by atoms with van der Waals surface area (Å²) >= 11 is 0. The van der Waals surface area contributed by atoms with Gasteiger partial charge in [0.05, 0.1) is 7.11 Å². The predicted octanol–water partition coefficient (Wildman–Crippen LogP) is 2.39. The topological polar surface area (TPSA) is 56.5 Å². The van der Waals surface area contributed by atoms with Crippen LogP contribution in [-0.4, -0.2) is 27.7 Å². The molecule has 2 aromatic heterocycles. The number of esters is 1. The van der Waals surface area contributed by atoms with Crippen LogP contribution in [-0.2, 0) is 4.74 Å². The minimum Gasteiger partial charge on any atom is -0.464 e. The van der Waals surface area contributed by atoms with E-state index in [2.05, 4.69) is 14.8 Å². The molecule has 0 amide bonds. The molecule has 2 heterocycles. The fraction of sp³-hybridized carbons (Fsp3) is 0.300. The van der Waals surface area contributed by atoms with E-state index in [9.17, 15) is 22.4 Å². The van der Waals surface area contributed by atoms with Gasteiger partial charge in [-0.2, -0.15) is 5.10 Å². The zero-order valence-corrected chi connectivity index (χ0v) is 9.48. The van der Waals surface area contributed by atoms with Gasteiger partial charge in [-0.05, 0) is 6.07 Å². The summed E-state index contributed by atoms with van der Waals surface area (Å²) < 4.78 is 55.7. The number of carbonyl (C=O) groups is 1. The molecule has 0 saturated carbocycles. The van der Waals surface area contributed by atoms with E-state index in [0.717, 1.165) is 13.2 Å². The fourth-order valence-electron chi connectivity index (χ4n) is 1.49. The van der Waals surface area contributed by atoms with Crippen LogP contribution in [0.5, 0.6) is 0 Å². The van der Waals surface area contributed by atoms with Gasteiger partial charge in [0.25, 0.3) is 12.9 Å². The average Bonchev–Trinajstić information content (AvgIpc) is 2.79. The molecule has 2 rings (SSSR count). The molecule has 0 N–H and O–H groups in total. The first-order chi connectivity index (χ1) is 8.93. The van der Waals surface area contributed by atoms with Gasteiger partial charge >= 0.3 is 5.97 Å².